The van der Waals surface area contributed by atoms with Crippen molar-refractivity contribution in [3.63, 3.8) is 0 Å². The van der Waals surface area contributed by atoms with Crippen LogP contribution in [-0.2, 0) is 19.1 Å². The molecule has 2 aliphatic heterocycles. The van der Waals surface area contributed by atoms with Gasteiger partial charge in [0.2, 0.25) is 5.91 Å². The first-order chi connectivity index (χ1) is 21.1. The Balaban J connectivity index is 0.0000101. The Kier molecular flexibility index (Phi) is 22.7. The van der Waals surface area contributed by atoms with E-state index in [4.69, 9.17) is 21.1 Å². The van der Waals surface area contributed by atoms with E-state index < -0.39 is 47.2 Å². The molecule has 1 unspecified atom stereocenters. The number of ether oxygens (including phenoxy) is 2. The molecule has 1 amide bonds. The molecule has 2 aliphatic rings. The Bertz CT molecular complexity index is 813. The normalized spacial score (nSPS) is 28.3. The molecule has 266 valence electrons. The van der Waals surface area contributed by atoms with Crippen LogP contribution in [0.2, 0.25) is 0 Å². The number of esters is 1. The minimum absolute atomic E-state index is 0. The lowest BCUT2D eigenvalue weighted by Gasteiger charge is -2.45. The number of carbonyl (C=O) groups excluding carboxylic acids is 2. The van der Waals surface area contributed by atoms with Crippen molar-refractivity contribution in [2.45, 2.75) is 177 Å². The molecule has 0 aromatic carbocycles. The molecule has 0 bridgehead atoms. The van der Waals surface area contributed by atoms with Gasteiger partial charge in [0.15, 0.2) is 6.10 Å². The summed E-state index contributed by atoms with van der Waals surface area (Å²) in [5.74, 6) is -0.119. The summed E-state index contributed by atoms with van der Waals surface area (Å²) in [6.45, 7) is 7.02. The van der Waals surface area contributed by atoms with Crippen molar-refractivity contribution in [1.82, 2.24) is 10.2 Å². The van der Waals surface area contributed by atoms with Crippen LogP contribution in [-0.4, -0.2) is 94.2 Å². The predicted molar refractivity (Wildman–Crippen MR) is 188 cm³/mol. The maximum Gasteiger partial charge on any atom is 0.306 e. The summed E-state index contributed by atoms with van der Waals surface area (Å²) in [6, 6.07) is -1.01. The maximum absolute atomic E-state index is 13.4. The molecule has 45 heavy (non-hydrogen) atoms. The second kappa shape index (κ2) is 23.9. The van der Waals surface area contributed by atoms with Gasteiger partial charge in [-0.1, -0.05) is 97.3 Å². The van der Waals surface area contributed by atoms with Crippen molar-refractivity contribution in [3.8, 4) is 0 Å². The summed E-state index contributed by atoms with van der Waals surface area (Å²) >= 11 is 7.83. The number of nitrogens with one attached hydrogen (secondary N) is 1. The first kappa shape index (κ1) is 42.7. The number of alkyl halides is 1. The van der Waals surface area contributed by atoms with E-state index in [1.165, 1.54) is 76.0 Å². The number of amides is 1. The van der Waals surface area contributed by atoms with E-state index in [0.29, 0.717) is 12.3 Å². The number of halogens is 2. The number of rotatable bonds is 22. The van der Waals surface area contributed by atoms with Crippen LogP contribution >= 0.6 is 35.8 Å². The van der Waals surface area contributed by atoms with Crippen LogP contribution in [0.1, 0.15) is 130 Å². The Morgan fingerprint density at radius 3 is 2.02 bits per heavy atom. The number of unbranched alkanes of at least 4 members (excludes halogenated alkanes) is 12. The fraction of sp³-hybridized carbons (Fsp3) is 0.941. The molecule has 0 saturated carbocycles. The molecule has 0 spiro atoms. The monoisotopic (exact) mass is 698 g/mol. The number of aliphatic hydroxyl groups excluding tert-OH is 2. The fourth-order valence-corrected chi connectivity index (χ4v) is 7.62. The lowest BCUT2D eigenvalue weighted by molar-refractivity contribution is -0.220. The van der Waals surface area contributed by atoms with Gasteiger partial charge in [0, 0.05) is 13.0 Å². The van der Waals surface area contributed by atoms with Crippen LogP contribution in [0.4, 0.5) is 0 Å². The van der Waals surface area contributed by atoms with Crippen LogP contribution < -0.4 is 5.32 Å². The number of nitrogens with zero attached hydrogens (tertiary/aromatic N) is 1. The molecule has 0 aromatic heterocycles. The Morgan fingerprint density at radius 2 is 1.51 bits per heavy atom. The molecule has 8 nitrogen and oxygen atoms in total. The molecule has 9 atom stereocenters. The largest absolute Gasteiger partial charge is 0.457 e. The third-order valence-corrected chi connectivity index (χ3v) is 10.5. The van der Waals surface area contributed by atoms with Gasteiger partial charge in [0.05, 0.1) is 17.5 Å². The van der Waals surface area contributed by atoms with E-state index >= 15 is 0 Å². The van der Waals surface area contributed by atoms with Crippen molar-refractivity contribution < 1.29 is 29.3 Å². The van der Waals surface area contributed by atoms with Crippen molar-refractivity contribution >= 4 is 47.6 Å². The summed E-state index contributed by atoms with van der Waals surface area (Å²) < 4.78 is 11.8. The van der Waals surface area contributed by atoms with E-state index in [1.54, 1.807) is 13.2 Å². The van der Waals surface area contributed by atoms with Gasteiger partial charge in [-0.25, -0.2) is 0 Å². The van der Waals surface area contributed by atoms with Gasteiger partial charge in [-0.05, 0) is 45.4 Å². The zero-order valence-electron chi connectivity index (χ0n) is 28.6. The number of thioether (sulfide) groups is 1. The summed E-state index contributed by atoms with van der Waals surface area (Å²) in [6.07, 6.45) is 16.2. The van der Waals surface area contributed by atoms with Gasteiger partial charge in [0.1, 0.15) is 23.7 Å². The Hall–Kier alpha value is -0.290. The van der Waals surface area contributed by atoms with Gasteiger partial charge in [-0.3, -0.25) is 14.5 Å². The topological polar surface area (TPSA) is 108 Å². The molecule has 0 radical (unpaired) electrons. The highest BCUT2D eigenvalue weighted by molar-refractivity contribution is 7.99. The third kappa shape index (κ3) is 14.8. The number of hydrogen-bond donors (Lipinski definition) is 3. The first-order valence-corrected chi connectivity index (χ1v) is 19.2. The second-order valence-corrected chi connectivity index (χ2v) is 14.8. The van der Waals surface area contributed by atoms with Gasteiger partial charge in [0.25, 0.3) is 0 Å². The lowest BCUT2D eigenvalue weighted by atomic mass is 9.92. The van der Waals surface area contributed by atoms with E-state index in [0.717, 1.165) is 38.6 Å². The standard InChI is InChI=1S/C34H63ClN2O6S.ClH/c1-6-8-9-10-11-12-13-14-15-16-17-18-19-21-27(38)42-32-29(39)31(43-34(44-5)30(32)40)28(24(3)35)36-33(41)26-22-25(20-7-2)23-37(26)4;/h24-26,28-32,34,39-40H,6-23H2,1-5H3,(H,36,41);1H/t24-,25+,26-,28+,29-,30+,31+,32?,34+;/m0./s1. The molecule has 2 saturated heterocycles. The van der Waals surface area contributed by atoms with Crippen molar-refractivity contribution in [2.24, 2.45) is 5.92 Å². The highest BCUT2D eigenvalue weighted by Gasteiger charge is 2.50. The van der Waals surface area contributed by atoms with Gasteiger partial charge >= 0.3 is 5.97 Å². The predicted octanol–water partition coefficient (Wildman–Crippen LogP) is 6.84. The van der Waals surface area contributed by atoms with Gasteiger partial charge in [-0.2, -0.15) is 0 Å². The Labute approximate surface area is 289 Å². The molecule has 2 fully saturated rings. The second-order valence-electron chi connectivity index (χ2n) is 13.2. The minimum atomic E-state index is -1.34. The van der Waals surface area contributed by atoms with Gasteiger partial charge in [-0.15, -0.1) is 35.8 Å². The van der Waals surface area contributed by atoms with E-state index in [9.17, 15) is 19.8 Å². The summed E-state index contributed by atoms with van der Waals surface area (Å²) in [5, 5.41) is 24.7. The average Bonchev–Trinajstić information content (AvgIpc) is 3.36. The van der Waals surface area contributed by atoms with Gasteiger partial charge < -0.3 is 25.0 Å². The summed E-state index contributed by atoms with van der Waals surface area (Å²) in [4.78, 5) is 28.2. The van der Waals surface area contributed by atoms with E-state index in [-0.39, 0.29) is 30.8 Å². The fourth-order valence-electron chi connectivity index (χ4n) is 6.74. The highest BCUT2D eigenvalue weighted by atomic mass is 35.5. The highest BCUT2D eigenvalue weighted by Crippen LogP contribution is 2.33. The zero-order chi connectivity index (χ0) is 32.5. The zero-order valence-corrected chi connectivity index (χ0v) is 31.0. The SMILES string of the molecule is CCCCCCCCCCCCCCCC(=O)OC1[C@@H](O)[C@@H]([C@H](NC(=O)[C@@H]2C[C@@H](CCC)CN2C)[C@H](C)Cl)O[C@H](SC)[C@@H]1O.Cl. The van der Waals surface area contributed by atoms with Crippen LogP contribution in [0.25, 0.3) is 0 Å². The number of carbonyl (C=O) groups is 2. The molecule has 3 N–H and O–H groups in total. The van der Waals surface area contributed by atoms with Crippen molar-refractivity contribution in [2.75, 3.05) is 19.8 Å². The average molecular weight is 700 g/mol. The number of hydrogen-bond acceptors (Lipinski definition) is 8. The number of likely N-dealkylation sites (N-methyl/N-ethyl adjacent to an activating group) is 1. The molecular formula is C34H64Cl2N2O6S. The molecule has 11 heteroatoms. The van der Waals surface area contributed by atoms with E-state index in [1.807, 2.05) is 7.05 Å². The molecule has 2 heterocycles. The Morgan fingerprint density at radius 1 is 0.956 bits per heavy atom. The van der Waals surface area contributed by atoms with Crippen LogP contribution in [0.15, 0.2) is 0 Å². The van der Waals surface area contributed by atoms with Crippen LogP contribution in [0, 0.1) is 5.92 Å². The first-order valence-electron chi connectivity index (χ1n) is 17.5. The minimum Gasteiger partial charge on any atom is -0.457 e. The number of aliphatic hydroxyl groups is 2. The van der Waals surface area contributed by atoms with Crippen LogP contribution in [0.3, 0.4) is 0 Å². The summed E-state index contributed by atoms with van der Waals surface area (Å²) in [5.41, 5.74) is -0.740. The molecule has 0 aromatic rings. The van der Waals surface area contributed by atoms with Crippen molar-refractivity contribution in [3.05, 3.63) is 0 Å². The third-order valence-electron chi connectivity index (χ3n) is 9.36. The smallest absolute Gasteiger partial charge is 0.306 e. The van der Waals surface area contributed by atoms with E-state index in [2.05, 4.69) is 24.1 Å². The van der Waals surface area contributed by atoms with Crippen molar-refractivity contribution in [1.29, 1.82) is 0 Å². The summed E-state index contributed by atoms with van der Waals surface area (Å²) in [7, 11) is 1.96. The number of likely N-dealkylation sites (tertiary alicyclic amines) is 1. The quantitative estimate of drug-likeness (QED) is 0.0641. The molecule has 0 aliphatic carbocycles. The van der Waals surface area contributed by atoms with Crippen LogP contribution in [0.5, 0.6) is 0 Å². The lowest BCUT2D eigenvalue weighted by Crippen LogP contribution is -2.65. The molecular weight excluding hydrogens is 635 g/mol. The maximum atomic E-state index is 13.4. The molecule has 2 rings (SSSR count).